The maximum Gasteiger partial charge on any atom is 0.395 e. The van der Waals surface area contributed by atoms with Crippen molar-refractivity contribution in [3.63, 3.8) is 0 Å². The van der Waals surface area contributed by atoms with Crippen molar-refractivity contribution in [2.45, 2.75) is 38.3 Å². The van der Waals surface area contributed by atoms with Gasteiger partial charge in [0.15, 0.2) is 0 Å². The van der Waals surface area contributed by atoms with E-state index in [1.165, 1.54) is 6.20 Å². The second-order valence-electron chi connectivity index (χ2n) is 4.32. The van der Waals surface area contributed by atoms with E-state index in [2.05, 4.69) is 10.3 Å². The van der Waals surface area contributed by atoms with Crippen molar-refractivity contribution < 1.29 is 13.2 Å². The predicted octanol–water partition coefficient (Wildman–Crippen LogP) is 3.29. The zero-order valence-corrected chi connectivity index (χ0v) is 10.7. The van der Waals surface area contributed by atoms with E-state index in [1.807, 2.05) is 6.92 Å². The van der Waals surface area contributed by atoms with E-state index in [0.717, 1.165) is 18.5 Å². The largest absolute Gasteiger partial charge is 0.395 e. The lowest BCUT2D eigenvalue weighted by Gasteiger charge is -2.20. The number of alkyl halides is 3. The monoisotopic (exact) mass is 260 g/mol. The topological polar surface area (TPSA) is 24.9 Å². The Hall–Kier alpha value is -1.10. The van der Waals surface area contributed by atoms with Crippen LogP contribution in [0.5, 0.6) is 0 Å². The highest BCUT2D eigenvalue weighted by molar-refractivity contribution is 5.20. The molecule has 1 aromatic rings. The molecule has 0 saturated heterocycles. The van der Waals surface area contributed by atoms with Gasteiger partial charge in [0.25, 0.3) is 0 Å². The molecule has 0 aliphatic rings. The van der Waals surface area contributed by atoms with Gasteiger partial charge in [0.2, 0.25) is 0 Å². The van der Waals surface area contributed by atoms with Gasteiger partial charge in [-0.15, -0.1) is 0 Å². The number of aromatic nitrogens is 1. The minimum atomic E-state index is -4.22. The third kappa shape index (κ3) is 4.29. The summed E-state index contributed by atoms with van der Waals surface area (Å²) in [6.07, 6.45) is -1.08. The van der Waals surface area contributed by atoms with Crippen molar-refractivity contribution in [1.82, 2.24) is 10.3 Å². The number of hydrogen-bond acceptors (Lipinski definition) is 2. The van der Waals surface area contributed by atoms with E-state index in [1.54, 1.807) is 19.2 Å². The summed E-state index contributed by atoms with van der Waals surface area (Å²) in [5.41, 5.74) is 1.09. The Morgan fingerprint density at radius 3 is 2.50 bits per heavy atom. The summed E-state index contributed by atoms with van der Waals surface area (Å²) >= 11 is 0. The van der Waals surface area contributed by atoms with E-state index >= 15 is 0 Å². The highest BCUT2D eigenvalue weighted by Crippen LogP contribution is 2.36. The van der Waals surface area contributed by atoms with Crippen LogP contribution in [0.15, 0.2) is 18.3 Å². The fourth-order valence-corrected chi connectivity index (χ4v) is 1.85. The molecule has 1 aromatic heterocycles. The first-order valence-electron chi connectivity index (χ1n) is 6.15. The molecule has 0 bridgehead atoms. The number of nitrogens with zero attached hydrogens (tertiary/aromatic N) is 1. The third-order valence-corrected chi connectivity index (χ3v) is 2.83. The number of aryl methyl sites for hydroxylation is 1. The zero-order valence-electron chi connectivity index (χ0n) is 10.7. The summed E-state index contributed by atoms with van der Waals surface area (Å²) < 4.78 is 38.8. The normalized spacial score (nSPS) is 13.6. The highest BCUT2D eigenvalue weighted by Gasteiger charge is 2.40. The molecule has 5 heteroatoms. The predicted molar refractivity (Wildman–Crippen MR) is 65.6 cm³/mol. The van der Waals surface area contributed by atoms with Gasteiger partial charge in [0.1, 0.15) is 0 Å². The Labute approximate surface area is 106 Å². The second-order valence-corrected chi connectivity index (χ2v) is 4.32. The van der Waals surface area contributed by atoms with E-state index in [-0.39, 0.29) is 12.0 Å². The molecule has 0 spiro atoms. The molecule has 1 rings (SSSR count). The number of pyridine rings is 1. The third-order valence-electron chi connectivity index (χ3n) is 2.83. The van der Waals surface area contributed by atoms with Crippen LogP contribution in [0.2, 0.25) is 0 Å². The molecule has 1 unspecified atom stereocenters. The molecular weight excluding hydrogens is 241 g/mol. The molecular formula is C13H19F3N2. The van der Waals surface area contributed by atoms with E-state index in [0.29, 0.717) is 6.54 Å². The molecule has 2 nitrogen and oxygen atoms in total. The van der Waals surface area contributed by atoms with Crippen molar-refractivity contribution in [2.24, 2.45) is 0 Å². The molecule has 0 radical (unpaired) electrons. The van der Waals surface area contributed by atoms with Gasteiger partial charge in [-0.2, -0.15) is 13.2 Å². The van der Waals surface area contributed by atoms with Crippen LogP contribution in [-0.2, 0) is 6.42 Å². The lowest BCUT2D eigenvalue weighted by molar-refractivity contribution is -0.151. The Morgan fingerprint density at radius 1 is 1.33 bits per heavy atom. The molecule has 0 aromatic carbocycles. The summed E-state index contributed by atoms with van der Waals surface area (Å²) in [6, 6.07) is 3.24. The Kier molecular flexibility index (Phi) is 5.59. The minimum Gasteiger partial charge on any atom is -0.320 e. The number of rotatable bonds is 6. The first-order valence-corrected chi connectivity index (χ1v) is 6.15. The van der Waals surface area contributed by atoms with Gasteiger partial charge in [-0.05, 0) is 38.1 Å². The van der Waals surface area contributed by atoms with Crippen molar-refractivity contribution in [3.8, 4) is 0 Å². The summed E-state index contributed by atoms with van der Waals surface area (Å²) in [5, 5.41) is 2.75. The molecule has 1 N–H and O–H groups in total. The minimum absolute atomic E-state index is 0.0365. The average Bonchev–Trinajstić information content (AvgIpc) is 2.30. The fourth-order valence-electron chi connectivity index (χ4n) is 1.85. The molecule has 0 amide bonds. The fraction of sp³-hybridized carbons (Fsp3) is 0.615. The number of halogens is 3. The average molecular weight is 260 g/mol. The quantitative estimate of drug-likeness (QED) is 0.849. The van der Waals surface area contributed by atoms with Crippen LogP contribution >= 0.6 is 0 Å². The number of hydrogen-bond donors (Lipinski definition) is 1. The highest BCUT2D eigenvalue weighted by atomic mass is 19.4. The van der Waals surface area contributed by atoms with Gasteiger partial charge in [-0.1, -0.05) is 19.4 Å². The van der Waals surface area contributed by atoms with Crippen molar-refractivity contribution >= 4 is 0 Å². The number of nitrogens with one attached hydrogen (secondary N) is 1. The molecule has 102 valence electrons. The van der Waals surface area contributed by atoms with Gasteiger partial charge in [0.05, 0.1) is 5.92 Å². The van der Waals surface area contributed by atoms with E-state index in [9.17, 15) is 13.2 Å². The first kappa shape index (κ1) is 15.0. The van der Waals surface area contributed by atoms with Gasteiger partial charge < -0.3 is 5.32 Å². The molecule has 1 atom stereocenters. The van der Waals surface area contributed by atoms with Crippen molar-refractivity contribution in [1.29, 1.82) is 0 Å². The van der Waals surface area contributed by atoms with E-state index < -0.39 is 12.1 Å². The van der Waals surface area contributed by atoms with Crippen LogP contribution in [-0.4, -0.2) is 24.8 Å². The summed E-state index contributed by atoms with van der Waals surface area (Å²) in [7, 11) is 1.65. The van der Waals surface area contributed by atoms with Gasteiger partial charge in [0, 0.05) is 11.9 Å². The maximum absolute atomic E-state index is 12.9. The van der Waals surface area contributed by atoms with Crippen LogP contribution in [0.1, 0.15) is 36.9 Å². The van der Waals surface area contributed by atoms with Gasteiger partial charge in [-0.25, -0.2) is 0 Å². The summed E-state index contributed by atoms with van der Waals surface area (Å²) in [6.45, 7) is 2.35. The molecule has 18 heavy (non-hydrogen) atoms. The van der Waals surface area contributed by atoms with Crippen LogP contribution < -0.4 is 5.32 Å². The Balaban J connectivity index is 2.84. The van der Waals surface area contributed by atoms with Crippen LogP contribution in [0.25, 0.3) is 0 Å². The van der Waals surface area contributed by atoms with Crippen molar-refractivity contribution in [3.05, 3.63) is 29.6 Å². The maximum atomic E-state index is 12.9. The SMILES string of the molecule is CCCc1ccc(C(CCNC)C(F)(F)F)cn1. The lowest BCUT2D eigenvalue weighted by atomic mass is 9.96. The smallest absolute Gasteiger partial charge is 0.320 e. The van der Waals surface area contributed by atoms with Gasteiger partial charge in [-0.3, -0.25) is 4.98 Å². The molecule has 0 fully saturated rings. The standard InChI is InChI=1S/C13H19F3N2/c1-3-4-11-6-5-10(9-18-11)12(7-8-17-2)13(14,15)16/h5-6,9,12,17H,3-4,7-8H2,1-2H3. The lowest BCUT2D eigenvalue weighted by Crippen LogP contribution is -2.24. The van der Waals surface area contributed by atoms with Gasteiger partial charge >= 0.3 is 6.18 Å². The first-order chi connectivity index (χ1) is 8.49. The summed E-state index contributed by atoms with van der Waals surface area (Å²) in [5.74, 6) is -1.44. The molecule has 1 heterocycles. The zero-order chi connectivity index (χ0) is 13.6. The van der Waals surface area contributed by atoms with Crippen molar-refractivity contribution in [2.75, 3.05) is 13.6 Å². The van der Waals surface area contributed by atoms with E-state index in [4.69, 9.17) is 0 Å². The molecule has 0 aliphatic heterocycles. The van der Waals surface area contributed by atoms with Crippen LogP contribution in [0.4, 0.5) is 13.2 Å². The summed E-state index contributed by atoms with van der Waals surface area (Å²) in [4.78, 5) is 4.09. The van der Waals surface area contributed by atoms with Crippen LogP contribution in [0.3, 0.4) is 0 Å². The molecule has 0 saturated carbocycles. The second kappa shape index (κ2) is 6.73. The molecule has 0 aliphatic carbocycles. The Morgan fingerprint density at radius 2 is 2.06 bits per heavy atom. The Bertz CT molecular complexity index is 346. The van der Waals surface area contributed by atoms with Crippen LogP contribution in [0, 0.1) is 0 Å².